The number of anilines is 2. The van der Waals surface area contributed by atoms with Crippen molar-refractivity contribution >= 4 is 23.2 Å². The summed E-state index contributed by atoms with van der Waals surface area (Å²) < 4.78 is 26.9. The van der Waals surface area contributed by atoms with Crippen LogP contribution in [-0.2, 0) is 9.59 Å². The first-order valence-corrected chi connectivity index (χ1v) is 5.40. The molecule has 94 valence electrons. The summed E-state index contributed by atoms with van der Waals surface area (Å²) in [5, 5.41) is 5.19. The highest BCUT2D eigenvalue weighted by Crippen LogP contribution is 2.36. The summed E-state index contributed by atoms with van der Waals surface area (Å²) >= 11 is 0. The minimum atomic E-state index is -0.856. The van der Waals surface area contributed by atoms with E-state index in [4.69, 9.17) is 0 Å². The van der Waals surface area contributed by atoms with Gasteiger partial charge in [-0.2, -0.15) is 0 Å². The van der Waals surface area contributed by atoms with Crippen LogP contribution in [-0.4, -0.2) is 30.9 Å². The standard InChI is InChI=1S/C11H9F2N3O2/c12-5-1-6(13)10-7(2-5)15-11(18)8-3-14-4-9(17)16(8)10/h1-2,8,14H,3-4H2,(H,15,18). The number of rotatable bonds is 0. The zero-order chi connectivity index (χ0) is 12.9. The molecule has 0 radical (unpaired) electrons. The van der Waals surface area contributed by atoms with Gasteiger partial charge < -0.3 is 10.6 Å². The van der Waals surface area contributed by atoms with Gasteiger partial charge in [0.25, 0.3) is 0 Å². The van der Waals surface area contributed by atoms with Crippen molar-refractivity contribution in [3.8, 4) is 0 Å². The maximum Gasteiger partial charge on any atom is 0.248 e. The SMILES string of the molecule is O=C1Nc2cc(F)cc(F)c2N2C(=O)CNCC12. The van der Waals surface area contributed by atoms with Crippen LogP contribution in [0.5, 0.6) is 0 Å². The van der Waals surface area contributed by atoms with E-state index in [1.54, 1.807) is 0 Å². The number of nitrogens with zero attached hydrogens (tertiary/aromatic N) is 1. The first-order valence-electron chi connectivity index (χ1n) is 5.40. The van der Waals surface area contributed by atoms with Gasteiger partial charge in [0.05, 0.1) is 12.2 Å². The molecule has 2 aliphatic heterocycles. The van der Waals surface area contributed by atoms with Gasteiger partial charge in [0.15, 0.2) is 5.82 Å². The molecular formula is C11H9F2N3O2. The molecule has 0 aliphatic carbocycles. The van der Waals surface area contributed by atoms with Crippen LogP contribution >= 0.6 is 0 Å². The number of hydrogen-bond donors (Lipinski definition) is 2. The Morgan fingerprint density at radius 2 is 2.06 bits per heavy atom. The molecule has 2 aliphatic rings. The van der Waals surface area contributed by atoms with Crippen LogP contribution in [0.1, 0.15) is 0 Å². The molecule has 2 N–H and O–H groups in total. The molecule has 7 heteroatoms. The van der Waals surface area contributed by atoms with Crippen LogP contribution in [0.4, 0.5) is 20.2 Å². The van der Waals surface area contributed by atoms with Crippen LogP contribution < -0.4 is 15.5 Å². The third kappa shape index (κ3) is 1.47. The zero-order valence-corrected chi connectivity index (χ0v) is 9.17. The Labute approximate surface area is 101 Å². The van der Waals surface area contributed by atoms with Gasteiger partial charge in [-0.1, -0.05) is 0 Å². The molecule has 2 heterocycles. The van der Waals surface area contributed by atoms with E-state index in [2.05, 4.69) is 10.6 Å². The first-order chi connectivity index (χ1) is 8.58. The molecule has 3 rings (SSSR count). The summed E-state index contributed by atoms with van der Waals surface area (Å²) in [6.45, 7) is 0.272. The summed E-state index contributed by atoms with van der Waals surface area (Å²) in [5.41, 5.74) is -0.0727. The number of piperazine rings is 1. The largest absolute Gasteiger partial charge is 0.322 e. The van der Waals surface area contributed by atoms with Gasteiger partial charge in [0, 0.05) is 12.6 Å². The Hall–Kier alpha value is -2.02. The maximum atomic E-state index is 13.8. The molecule has 5 nitrogen and oxygen atoms in total. The van der Waals surface area contributed by atoms with E-state index in [-0.39, 0.29) is 24.5 Å². The molecule has 1 fully saturated rings. The lowest BCUT2D eigenvalue weighted by Gasteiger charge is -2.39. The monoisotopic (exact) mass is 253 g/mol. The first kappa shape index (κ1) is 11.1. The Morgan fingerprint density at radius 1 is 1.28 bits per heavy atom. The number of carbonyl (C=O) groups is 2. The van der Waals surface area contributed by atoms with Gasteiger partial charge in [-0.05, 0) is 6.07 Å². The van der Waals surface area contributed by atoms with Crippen molar-refractivity contribution in [2.45, 2.75) is 6.04 Å². The summed E-state index contributed by atoms with van der Waals surface area (Å²) in [6.07, 6.45) is 0. The molecule has 0 aromatic heterocycles. The van der Waals surface area contributed by atoms with Crippen molar-refractivity contribution in [1.82, 2.24) is 5.32 Å². The van der Waals surface area contributed by atoms with Gasteiger partial charge >= 0.3 is 0 Å². The second-order valence-electron chi connectivity index (χ2n) is 4.18. The molecule has 1 unspecified atom stereocenters. The second kappa shape index (κ2) is 3.74. The average Bonchev–Trinajstić information content (AvgIpc) is 2.29. The van der Waals surface area contributed by atoms with Crippen LogP contribution in [0, 0.1) is 11.6 Å². The fraction of sp³-hybridized carbons (Fsp3) is 0.273. The fourth-order valence-corrected chi connectivity index (χ4v) is 2.28. The third-order valence-electron chi connectivity index (χ3n) is 3.02. The van der Waals surface area contributed by atoms with Crippen LogP contribution in [0.2, 0.25) is 0 Å². The van der Waals surface area contributed by atoms with E-state index < -0.39 is 29.5 Å². The fourth-order valence-electron chi connectivity index (χ4n) is 2.28. The lowest BCUT2D eigenvalue weighted by molar-refractivity contribution is -0.125. The van der Waals surface area contributed by atoms with E-state index >= 15 is 0 Å². The van der Waals surface area contributed by atoms with Crippen LogP contribution in [0.25, 0.3) is 0 Å². The van der Waals surface area contributed by atoms with Gasteiger partial charge in [0.2, 0.25) is 11.8 Å². The number of amides is 2. The predicted molar refractivity (Wildman–Crippen MR) is 59.1 cm³/mol. The molecule has 1 atom stereocenters. The van der Waals surface area contributed by atoms with Crippen molar-refractivity contribution in [3.63, 3.8) is 0 Å². The van der Waals surface area contributed by atoms with Crippen LogP contribution in [0.15, 0.2) is 12.1 Å². The third-order valence-corrected chi connectivity index (χ3v) is 3.02. The van der Waals surface area contributed by atoms with E-state index in [9.17, 15) is 18.4 Å². The molecule has 0 spiro atoms. The quantitative estimate of drug-likeness (QED) is 0.695. The molecule has 0 saturated carbocycles. The van der Waals surface area contributed by atoms with E-state index in [1.165, 1.54) is 0 Å². The number of halogens is 2. The molecule has 2 amide bonds. The highest BCUT2D eigenvalue weighted by atomic mass is 19.1. The van der Waals surface area contributed by atoms with Gasteiger partial charge in [0.1, 0.15) is 17.5 Å². The Kier molecular flexibility index (Phi) is 2.30. The Bertz CT molecular complexity index is 561. The van der Waals surface area contributed by atoms with E-state index in [1.807, 2.05) is 0 Å². The van der Waals surface area contributed by atoms with Crippen LogP contribution in [0.3, 0.4) is 0 Å². The van der Waals surface area contributed by atoms with Crippen molar-refractivity contribution in [2.75, 3.05) is 23.3 Å². The number of hydrogen-bond acceptors (Lipinski definition) is 3. The maximum absolute atomic E-state index is 13.8. The molecule has 18 heavy (non-hydrogen) atoms. The summed E-state index contributed by atoms with van der Waals surface area (Å²) in [7, 11) is 0. The van der Waals surface area contributed by atoms with Crippen molar-refractivity contribution in [2.24, 2.45) is 0 Å². The van der Waals surface area contributed by atoms with Gasteiger partial charge in [-0.15, -0.1) is 0 Å². The highest BCUT2D eigenvalue weighted by Gasteiger charge is 2.40. The lowest BCUT2D eigenvalue weighted by Crippen LogP contribution is -2.61. The number of nitrogens with one attached hydrogen (secondary N) is 2. The summed E-state index contributed by atoms with van der Waals surface area (Å²) in [5.74, 6) is -2.52. The topological polar surface area (TPSA) is 61.4 Å². The van der Waals surface area contributed by atoms with Crippen molar-refractivity contribution < 1.29 is 18.4 Å². The van der Waals surface area contributed by atoms with Crippen molar-refractivity contribution in [3.05, 3.63) is 23.8 Å². The number of benzene rings is 1. The molecule has 0 bridgehead atoms. The minimum absolute atomic E-state index is 0.0102. The van der Waals surface area contributed by atoms with Gasteiger partial charge in [-0.3, -0.25) is 14.5 Å². The summed E-state index contributed by atoms with van der Waals surface area (Å²) in [4.78, 5) is 24.7. The van der Waals surface area contributed by atoms with Gasteiger partial charge in [-0.25, -0.2) is 8.78 Å². The Balaban J connectivity index is 2.19. The van der Waals surface area contributed by atoms with E-state index in [0.717, 1.165) is 11.0 Å². The normalized spacial score (nSPS) is 22.3. The Morgan fingerprint density at radius 3 is 2.83 bits per heavy atom. The number of carbonyl (C=O) groups excluding carboxylic acids is 2. The molecule has 1 saturated heterocycles. The second-order valence-corrected chi connectivity index (χ2v) is 4.18. The van der Waals surface area contributed by atoms with Crippen molar-refractivity contribution in [1.29, 1.82) is 0 Å². The smallest absolute Gasteiger partial charge is 0.248 e. The summed E-state index contributed by atoms with van der Waals surface area (Å²) in [6, 6.07) is 0.906. The molecule has 1 aromatic rings. The lowest BCUT2D eigenvalue weighted by atomic mass is 10.1. The molecule has 1 aromatic carbocycles. The minimum Gasteiger partial charge on any atom is -0.322 e. The molecular weight excluding hydrogens is 244 g/mol. The number of fused-ring (bicyclic) bond motifs is 3. The average molecular weight is 253 g/mol. The predicted octanol–water partition coefficient (Wildman–Crippen LogP) is 0.222. The zero-order valence-electron chi connectivity index (χ0n) is 9.17. The van der Waals surface area contributed by atoms with E-state index in [0.29, 0.717) is 6.07 Å². The highest BCUT2D eigenvalue weighted by molar-refractivity contribution is 6.13.